The van der Waals surface area contributed by atoms with Gasteiger partial charge in [0, 0.05) is 23.8 Å². The largest absolute Gasteiger partial charge is 0.382 e. The third-order valence-corrected chi connectivity index (χ3v) is 4.57. The minimum absolute atomic E-state index is 0.00256. The molecule has 6 nitrogen and oxygen atoms in total. The van der Waals surface area contributed by atoms with Gasteiger partial charge in [0.2, 0.25) is 0 Å². The second-order valence-corrected chi connectivity index (χ2v) is 6.68. The van der Waals surface area contributed by atoms with Crippen molar-refractivity contribution in [3.05, 3.63) is 40.5 Å². The number of rotatable bonds is 6. The molecule has 24 heavy (non-hydrogen) atoms. The maximum Gasteiger partial charge on any atom is 0.269 e. The van der Waals surface area contributed by atoms with Gasteiger partial charge in [0.15, 0.2) is 0 Å². The van der Waals surface area contributed by atoms with Crippen molar-refractivity contribution in [1.29, 1.82) is 0 Å². The van der Waals surface area contributed by atoms with Gasteiger partial charge < -0.3 is 14.8 Å². The van der Waals surface area contributed by atoms with Crippen LogP contribution in [0, 0.1) is 0 Å². The molecule has 2 unspecified atom stereocenters. The molecular weight excluding hydrogens is 374 g/mol. The average molecular weight is 394 g/mol. The van der Waals surface area contributed by atoms with Gasteiger partial charge in [-0.15, -0.1) is 0 Å². The van der Waals surface area contributed by atoms with Gasteiger partial charge in [-0.2, -0.15) is 5.10 Å². The molecule has 0 radical (unpaired) electrons. The zero-order valence-corrected chi connectivity index (χ0v) is 15.0. The smallest absolute Gasteiger partial charge is 0.269 e. The summed E-state index contributed by atoms with van der Waals surface area (Å²) >= 11 is 3.40. The predicted molar refractivity (Wildman–Crippen MR) is 93.8 cm³/mol. The number of benzene rings is 1. The van der Waals surface area contributed by atoms with Gasteiger partial charge in [0.1, 0.15) is 5.69 Å². The first kappa shape index (κ1) is 17.1. The molecule has 1 aliphatic heterocycles. The highest BCUT2D eigenvalue weighted by atomic mass is 79.9. The van der Waals surface area contributed by atoms with Crippen LogP contribution in [-0.2, 0) is 9.47 Å². The van der Waals surface area contributed by atoms with E-state index >= 15 is 0 Å². The molecule has 1 aromatic carbocycles. The molecule has 3 rings (SSSR count). The maximum absolute atomic E-state index is 12.5. The van der Waals surface area contributed by atoms with Crippen LogP contribution >= 0.6 is 15.9 Å². The molecule has 0 saturated carbocycles. The Morgan fingerprint density at radius 1 is 1.50 bits per heavy atom. The van der Waals surface area contributed by atoms with Crippen molar-refractivity contribution in [3.63, 3.8) is 0 Å². The van der Waals surface area contributed by atoms with E-state index in [-0.39, 0.29) is 18.1 Å². The topological polar surface area (TPSA) is 76.2 Å². The number of nitrogens with zero attached hydrogens (tertiary/aromatic N) is 1. The Kier molecular flexibility index (Phi) is 5.65. The number of hydrogen-bond acceptors (Lipinski definition) is 4. The van der Waals surface area contributed by atoms with Crippen molar-refractivity contribution in [2.24, 2.45) is 0 Å². The SMILES string of the molecule is COCC(NC(=O)c1cc(-c2ccc(Br)cc2)n[nH]1)C1CCCO1. The number of H-pyrrole nitrogens is 1. The van der Waals surface area contributed by atoms with E-state index in [0.29, 0.717) is 12.3 Å². The molecule has 1 aromatic heterocycles. The normalized spacial score (nSPS) is 18.5. The molecule has 7 heteroatoms. The Balaban J connectivity index is 1.69. The summed E-state index contributed by atoms with van der Waals surface area (Å²) in [6, 6.07) is 9.36. The number of aromatic amines is 1. The van der Waals surface area contributed by atoms with Crippen molar-refractivity contribution in [2.75, 3.05) is 20.3 Å². The summed E-state index contributed by atoms with van der Waals surface area (Å²) in [5, 5.41) is 10.0. The molecule has 2 N–H and O–H groups in total. The Labute approximate surface area is 149 Å². The second-order valence-electron chi connectivity index (χ2n) is 5.76. The van der Waals surface area contributed by atoms with E-state index in [4.69, 9.17) is 9.47 Å². The molecule has 1 aliphatic rings. The number of nitrogens with one attached hydrogen (secondary N) is 2. The molecule has 1 saturated heterocycles. The van der Waals surface area contributed by atoms with Crippen LogP contribution in [0.2, 0.25) is 0 Å². The van der Waals surface area contributed by atoms with E-state index in [1.165, 1.54) is 0 Å². The van der Waals surface area contributed by atoms with Crippen LogP contribution in [0.3, 0.4) is 0 Å². The zero-order valence-electron chi connectivity index (χ0n) is 13.4. The van der Waals surface area contributed by atoms with Crippen LogP contribution in [0.25, 0.3) is 11.3 Å². The minimum Gasteiger partial charge on any atom is -0.382 e. The molecule has 1 amide bonds. The van der Waals surface area contributed by atoms with Gasteiger partial charge in [-0.05, 0) is 31.0 Å². The fourth-order valence-electron chi connectivity index (χ4n) is 2.79. The summed E-state index contributed by atoms with van der Waals surface area (Å²) in [5.74, 6) is -0.205. The first-order chi connectivity index (χ1) is 11.7. The second kappa shape index (κ2) is 7.92. The van der Waals surface area contributed by atoms with Crippen molar-refractivity contribution < 1.29 is 14.3 Å². The number of halogens is 1. The average Bonchev–Trinajstić information content (AvgIpc) is 3.27. The van der Waals surface area contributed by atoms with Gasteiger partial charge in [-0.25, -0.2) is 0 Å². The first-order valence-corrected chi connectivity index (χ1v) is 8.69. The summed E-state index contributed by atoms with van der Waals surface area (Å²) in [5.41, 5.74) is 2.10. The van der Waals surface area contributed by atoms with Crippen molar-refractivity contribution in [2.45, 2.75) is 25.0 Å². The van der Waals surface area contributed by atoms with Crippen molar-refractivity contribution in [3.8, 4) is 11.3 Å². The lowest BCUT2D eigenvalue weighted by Gasteiger charge is -2.23. The quantitative estimate of drug-likeness (QED) is 0.790. The highest BCUT2D eigenvalue weighted by Gasteiger charge is 2.28. The van der Waals surface area contributed by atoms with Gasteiger partial charge in [0.25, 0.3) is 5.91 Å². The number of amides is 1. The molecule has 128 valence electrons. The number of hydrogen-bond donors (Lipinski definition) is 2. The number of ether oxygens (including phenoxy) is 2. The van der Waals surface area contributed by atoms with Crippen LogP contribution in [0.15, 0.2) is 34.8 Å². The summed E-state index contributed by atoms with van der Waals surface area (Å²) in [6.07, 6.45) is 1.95. The number of carbonyl (C=O) groups excluding carboxylic acids is 1. The van der Waals surface area contributed by atoms with Crippen LogP contribution in [0.5, 0.6) is 0 Å². The fourth-order valence-corrected chi connectivity index (χ4v) is 3.06. The van der Waals surface area contributed by atoms with E-state index in [1.807, 2.05) is 24.3 Å². The van der Waals surface area contributed by atoms with Crippen LogP contribution in [-0.4, -0.2) is 48.6 Å². The molecule has 1 fully saturated rings. The van der Waals surface area contributed by atoms with Crippen LogP contribution < -0.4 is 5.32 Å². The lowest BCUT2D eigenvalue weighted by molar-refractivity contribution is 0.0402. The van der Waals surface area contributed by atoms with E-state index in [2.05, 4.69) is 31.4 Å². The van der Waals surface area contributed by atoms with Gasteiger partial charge in [-0.1, -0.05) is 28.1 Å². The monoisotopic (exact) mass is 393 g/mol. The highest BCUT2D eigenvalue weighted by molar-refractivity contribution is 9.10. The van der Waals surface area contributed by atoms with Crippen LogP contribution in [0.1, 0.15) is 23.3 Å². The summed E-state index contributed by atoms with van der Waals surface area (Å²) in [4.78, 5) is 12.5. The van der Waals surface area contributed by atoms with Crippen LogP contribution in [0.4, 0.5) is 0 Å². The minimum atomic E-state index is -0.205. The Morgan fingerprint density at radius 2 is 2.29 bits per heavy atom. The molecule has 0 aliphatic carbocycles. The third kappa shape index (κ3) is 4.03. The Hall–Kier alpha value is -1.70. The first-order valence-electron chi connectivity index (χ1n) is 7.90. The van der Waals surface area contributed by atoms with E-state index in [0.717, 1.165) is 35.2 Å². The molecule has 0 spiro atoms. The fraction of sp³-hybridized carbons (Fsp3) is 0.412. The number of methoxy groups -OCH3 is 1. The lowest BCUT2D eigenvalue weighted by atomic mass is 10.1. The standard InChI is InChI=1S/C17H20BrN3O3/c1-23-10-15(16-3-2-8-24-16)19-17(22)14-9-13(20-21-14)11-4-6-12(18)7-5-11/h4-7,9,15-16H,2-3,8,10H2,1H3,(H,19,22)(H,20,21). The summed E-state index contributed by atoms with van der Waals surface area (Å²) < 4.78 is 11.9. The van der Waals surface area contributed by atoms with E-state index in [1.54, 1.807) is 13.2 Å². The Bertz CT molecular complexity index is 681. The third-order valence-electron chi connectivity index (χ3n) is 4.04. The van der Waals surface area contributed by atoms with Gasteiger partial charge in [0.05, 0.1) is 24.4 Å². The summed E-state index contributed by atoms with van der Waals surface area (Å²) in [6.45, 7) is 1.16. The van der Waals surface area contributed by atoms with Crippen molar-refractivity contribution in [1.82, 2.24) is 15.5 Å². The van der Waals surface area contributed by atoms with E-state index < -0.39 is 0 Å². The summed E-state index contributed by atoms with van der Waals surface area (Å²) in [7, 11) is 1.62. The zero-order chi connectivity index (χ0) is 16.9. The molecule has 0 bridgehead atoms. The van der Waals surface area contributed by atoms with Gasteiger partial charge >= 0.3 is 0 Å². The Morgan fingerprint density at radius 3 is 2.96 bits per heavy atom. The number of carbonyl (C=O) groups is 1. The van der Waals surface area contributed by atoms with Gasteiger partial charge in [-0.3, -0.25) is 9.89 Å². The molecular formula is C17H20BrN3O3. The van der Waals surface area contributed by atoms with Crippen molar-refractivity contribution >= 4 is 21.8 Å². The number of aromatic nitrogens is 2. The molecule has 2 heterocycles. The predicted octanol–water partition coefficient (Wildman–Crippen LogP) is 2.76. The lowest BCUT2D eigenvalue weighted by Crippen LogP contribution is -2.46. The maximum atomic E-state index is 12.5. The molecule has 2 aromatic rings. The van der Waals surface area contributed by atoms with E-state index in [9.17, 15) is 4.79 Å². The highest BCUT2D eigenvalue weighted by Crippen LogP contribution is 2.21. The molecule has 2 atom stereocenters.